The van der Waals surface area contributed by atoms with Crippen LogP contribution in [0.15, 0.2) is 4.99 Å². The van der Waals surface area contributed by atoms with Crippen molar-refractivity contribution in [3.63, 3.8) is 0 Å². The highest BCUT2D eigenvalue weighted by Gasteiger charge is 2.39. The number of ether oxygens (including phenoxy) is 2. The average Bonchev–Trinajstić information content (AvgIpc) is 2.68. The van der Waals surface area contributed by atoms with Gasteiger partial charge in [-0.15, -0.1) is 0 Å². The van der Waals surface area contributed by atoms with E-state index in [2.05, 4.69) is 4.99 Å². The molecule has 6 nitrogen and oxygen atoms in total. The van der Waals surface area contributed by atoms with Crippen molar-refractivity contribution in [1.82, 2.24) is 4.90 Å². The Labute approximate surface area is 101 Å². The van der Waals surface area contributed by atoms with Gasteiger partial charge in [0.25, 0.3) is 0 Å². The molecule has 2 rings (SSSR count). The number of hydrogen-bond acceptors (Lipinski definition) is 4. The van der Waals surface area contributed by atoms with Crippen LogP contribution in [-0.4, -0.2) is 67.1 Å². The quantitative estimate of drug-likeness (QED) is 0.489. The van der Waals surface area contributed by atoms with E-state index < -0.39 is 5.60 Å². The number of morpholine rings is 1. The number of nitrogens with two attached hydrogens (primary N) is 1. The highest BCUT2D eigenvalue weighted by Crippen LogP contribution is 2.25. The van der Waals surface area contributed by atoms with E-state index in [1.807, 2.05) is 11.8 Å². The Morgan fingerprint density at radius 2 is 2.18 bits per heavy atom. The maximum absolute atomic E-state index is 10.3. The van der Waals surface area contributed by atoms with Crippen LogP contribution in [0.1, 0.15) is 13.3 Å². The van der Waals surface area contributed by atoms with Crippen molar-refractivity contribution in [1.29, 1.82) is 0 Å². The molecule has 6 heteroatoms. The van der Waals surface area contributed by atoms with Crippen LogP contribution < -0.4 is 5.73 Å². The van der Waals surface area contributed by atoms with Gasteiger partial charge in [0.2, 0.25) is 0 Å². The molecule has 0 saturated carbocycles. The second kappa shape index (κ2) is 5.20. The Bertz CT molecular complexity index is 292. The van der Waals surface area contributed by atoms with E-state index in [-0.39, 0.29) is 6.10 Å². The van der Waals surface area contributed by atoms with Gasteiger partial charge in [0.1, 0.15) is 5.60 Å². The second-order valence-electron chi connectivity index (χ2n) is 4.64. The van der Waals surface area contributed by atoms with Crippen molar-refractivity contribution in [3.8, 4) is 0 Å². The molecule has 0 aromatic rings. The van der Waals surface area contributed by atoms with E-state index in [0.717, 1.165) is 13.1 Å². The van der Waals surface area contributed by atoms with Crippen LogP contribution in [0.2, 0.25) is 0 Å². The van der Waals surface area contributed by atoms with Gasteiger partial charge in [-0.2, -0.15) is 0 Å². The monoisotopic (exact) mass is 243 g/mol. The van der Waals surface area contributed by atoms with Crippen LogP contribution in [0.4, 0.5) is 0 Å². The molecule has 2 fully saturated rings. The fourth-order valence-electron chi connectivity index (χ4n) is 2.09. The third-order valence-corrected chi connectivity index (χ3v) is 3.51. The molecule has 2 aliphatic heterocycles. The van der Waals surface area contributed by atoms with Crippen LogP contribution in [0.3, 0.4) is 0 Å². The third kappa shape index (κ3) is 2.88. The molecule has 0 amide bonds. The number of rotatable bonds is 2. The van der Waals surface area contributed by atoms with Crippen molar-refractivity contribution in [3.05, 3.63) is 0 Å². The zero-order valence-corrected chi connectivity index (χ0v) is 10.3. The first-order valence-electron chi connectivity index (χ1n) is 6.08. The number of hydrogen-bond donors (Lipinski definition) is 2. The van der Waals surface area contributed by atoms with Crippen LogP contribution in [0.25, 0.3) is 0 Å². The lowest BCUT2D eigenvalue weighted by atomic mass is 9.97. The summed E-state index contributed by atoms with van der Waals surface area (Å²) in [5, 5.41) is 10.3. The van der Waals surface area contributed by atoms with Gasteiger partial charge < -0.3 is 25.2 Å². The second-order valence-corrected chi connectivity index (χ2v) is 4.64. The Morgan fingerprint density at radius 3 is 2.76 bits per heavy atom. The first-order valence-corrected chi connectivity index (χ1v) is 6.08. The highest BCUT2D eigenvalue weighted by atomic mass is 16.5. The number of aliphatic hydroxyl groups is 1. The molecule has 2 unspecified atom stereocenters. The maximum atomic E-state index is 10.3. The first-order chi connectivity index (χ1) is 8.12. The molecular formula is C11H21N3O3. The van der Waals surface area contributed by atoms with Crippen LogP contribution >= 0.6 is 0 Å². The lowest BCUT2D eigenvalue weighted by molar-refractivity contribution is -0.0203. The summed E-state index contributed by atoms with van der Waals surface area (Å²) < 4.78 is 10.6. The number of aliphatic imine (C=N–C) groups is 1. The summed E-state index contributed by atoms with van der Waals surface area (Å²) in [6.07, 6.45) is 0.442. The number of guanidine groups is 1. The molecule has 98 valence electrons. The summed E-state index contributed by atoms with van der Waals surface area (Å²) in [4.78, 5) is 6.27. The van der Waals surface area contributed by atoms with Gasteiger partial charge in [-0.05, 0) is 6.92 Å². The lowest BCUT2D eigenvalue weighted by Crippen LogP contribution is -2.46. The van der Waals surface area contributed by atoms with Crippen LogP contribution in [-0.2, 0) is 9.47 Å². The summed E-state index contributed by atoms with van der Waals surface area (Å²) in [6.45, 7) is 5.65. The summed E-state index contributed by atoms with van der Waals surface area (Å²) in [7, 11) is 0. The van der Waals surface area contributed by atoms with Crippen LogP contribution in [0.5, 0.6) is 0 Å². The van der Waals surface area contributed by atoms with E-state index in [4.69, 9.17) is 15.2 Å². The first kappa shape index (κ1) is 12.6. The SMILES string of the molecule is CC1OCCC1(O)CN=C(N)N1CCOCC1. The predicted molar refractivity (Wildman–Crippen MR) is 63.9 cm³/mol. The van der Waals surface area contributed by atoms with Crippen molar-refractivity contribution >= 4 is 5.96 Å². The Kier molecular flexibility index (Phi) is 3.86. The fraction of sp³-hybridized carbons (Fsp3) is 0.909. The molecule has 0 aromatic carbocycles. The highest BCUT2D eigenvalue weighted by molar-refractivity contribution is 5.78. The minimum Gasteiger partial charge on any atom is -0.385 e. The molecule has 2 aliphatic rings. The predicted octanol–water partition coefficient (Wildman–Crippen LogP) is -0.827. The van der Waals surface area contributed by atoms with Crippen molar-refractivity contribution in [2.45, 2.75) is 25.0 Å². The van der Waals surface area contributed by atoms with Gasteiger partial charge in [0.15, 0.2) is 5.96 Å². The van der Waals surface area contributed by atoms with E-state index >= 15 is 0 Å². The zero-order chi connectivity index (χ0) is 12.3. The largest absolute Gasteiger partial charge is 0.385 e. The normalized spacial score (nSPS) is 35.3. The molecule has 0 aromatic heterocycles. The summed E-state index contributed by atoms with van der Waals surface area (Å²) in [5.41, 5.74) is 5.04. The zero-order valence-electron chi connectivity index (χ0n) is 10.3. The Morgan fingerprint density at radius 1 is 1.47 bits per heavy atom. The van der Waals surface area contributed by atoms with Gasteiger partial charge in [-0.25, -0.2) is 0 Å². The topological polar surface area (TPSA) is 80.3 Å². The van der Waals surface area contributed by atoms with Crippen LogP contribution in [0, 0.1) is 0 Å². The fourth-order valence-corrected chi connectivity index (χ4v) is 2.09. The molecule has 0 radical (unpaired) electrons. The van der Waals surface area contributed by atoms with E-state index in [0.29, 0.717) is 38.7 Å². The van der Waals surface area contributed by atoms with Gasteiger partial charge in [-0.3, -0.25) is 4.99 Å². The molecular weight excluding hydrogens is 222 g/mol. The summed E-state index contributed by atoms with van der Waals surface area (Å²) >= 11 is 0. The summed E-state index contributed by atoms with van der Waals surface area (Å²) in [6, 6.07) is 0. The maximum Gasteiger partial charge on any atom is 0.191 e. The Hall–Kier alpha value is -0.850. The van der Waals surface area contributed by atoms with Crippen molar-refractivity contribution in [2.75, 3.05) is 39.5 Å². The molecule has 3 N–H and O–H groups in total. The molecule has 2 heterocycles. The van der Waals surface area contributed by atoms with Crippen molar-refractivity contribution in [2.24, 2.45) is 10.7 Å². The van der Waals surface area contributed by atoms with Gasteiger partial charge >= 0.3 is 0 Å². The Balaban J connectivity index is 1.90. The average molecular weight is 243 g/mol. The lowest BCUT2D eigenvalue weighted by Gasteiger charge is -2.29. The molecule has 0 aliphatic carbocycles. The number of nitrogens with zero attached hydrogens (tertiary/aromatic N) is 2. The molecule has 0 bridgehead atoms. The molecule has 2 saturated heterocycles. The minimum absolute atomic E-state index is 0.177. The summed E-state index contributed by atoms with van der Waals surface area (Å²) in [5.74, 6) is 0.487. The third-order valence-electron chi connectivity index (χ3n) is 3.51. The van der Waals surface area contributed by atoms with Gasteiger partial charge in [-0.1, -0.05) is 0 Å². The minimum atomic E-state index is -0.864. The smallest absolute Gasteiger partial charge is 0.191 e. The molecule has 17 heavy (non-hydrogen) atoms. The van der Waals surface area contributed by atoms with Gasteiger partial charge in [0, 0.05) is 26.1 Å². The van der Waals surface area contributed by atoms with E-state index in [1.165, 1.54) is 0 Å². The standard InChI is InChI=1S/C11H21N3O3/c1-9-11(15,2-5-17-9)8-13-10(12)14-3-6-16-7-4-14/h9,15H,2-8H2,1H3,(H2,12,13). The van der Waals surface area contributed by atoms with E-state index in [1.54, 1.807) is 0 Å². The van der Waals surface area contributed by atoms with E-state index in [9.17, 15) is 5.11 Å². The molecule has 2 atom stereocenters. The van der Waals surface area contributed by atoms with Crippen molar-refractivity contribution < 1.29 is 14.6 Å². The van der Waals surface area contributed by atoms with Gasteiger partial charge in [0.05, 0.1) is 25.9 Å². The molecule has 0 spiro atoms.